The van der Waals surface area contributed by atoms with Gasteiger partial charge in [-0.25, -0.2) is 0 Å². The van der Waals surface area contributed by atoms with E-state index < -0.39 is 0 Å². The molecule has 0 bridgehead atoms. The molecule has 1 rings (SSSR count). The maximum absolute atomic E-state index is 5.03. The molecular weight excluding hydrogens is 92.1 g/mol. The zero-order chi connectivity index (χ0) is 5.49. The van der Waals surface area contributed by atoms with Crippen LogP contribution in [0.25, 0.3) is 0 Å². The molecule has 1 aliphatic heterocycles. The van der Waals surface area contributed by atoms with Gasteiger partial charge in [0.2, 0.25) is 0 Å². The Morgan fingerprint density at radius 2 is 2.00 bits per heavy atom. The third kappa shape index (κ3) is 0.763. The Labute approximate surface area is 43.4 Å². The van der Waals surface area contributed by atoms with Gasteiger partial charge in [0.15, 0.2) is 6.29 Å². The first kappa shape index (κ1) is 5.06. The number of hydrogen-bond donors (Lipinski definition) is 0. The predicted octanol–water partition coefficient (Wildman–Crippen LogP) is 0.768. The number of ether oxygens (including phenoxy) is 2. The predicted molar refractivity (Wildman–Crippen MR) is 26.0 cm³/mol. The Kier molecular flexibility index (Phi) is 0.869. The summed E-state index contributed by atoms with van der Waals surface area (Å²) in [6, 6.07) is 0. The lowest BCUT2D eigenvalue weighted by molar-refractivity contribution is 0.0950. The highest BCUT2D eigenvalue weighted by atomic mass is 16.8. The molecule has 1 heterocycles. The van der Waals surface area contributed by atoms with Crippen molar-refractivity contribution in [2.45, 2.75) is 25.7 Å². The fourth-order valence-electron chi connectivity index (χ4n) is 0.574. The SMILES string of the molecule is COC1OC1(C)C. The summed E-state index contributed by atoms with van der Waals surface area (Å²) in [5.74, 6) is 0. The van der Waals surface area contributed by atoms with E-state index in [-0.39, 0.29) is 11.9 Å². The summed E-state index contributed by atoms with van der Waals surface area (Å²) in [6.45, 7) is 4.00. The van der Waals surface area contributed by atoms with Crippen LogP contribution in [-0.2, 0) is 9.47 Å². The molecule has 42 valence electrons. The Hall–Kier alpha value is -0.0800. The van der Waals surface area contributed by atoms with Gasteiger partial charge >= 0.3 is 0 Å². The van der Waals surface area contributed by atoms with E-state index in [2.05, 4.69) is 0 Å². The first-order valence-corrected chi connectivity index (χ1v) is 2.37. The van der Waals surface area contributed by atoms with E-state index in [0.717, 1.165) is 0 Å². The molecule has 0 aromatic heterocycles. The molecule has 2 heteroatoms. The molecule has 0 aromatic rings. The van der Waals surface area contributed by atoms with Crippen molar-refractivity contribution in [1.29, 1.82) is 0 Å². The molecule has 1 saturated heterocycles. The molecule has 1 unspecified atom stereocenters. The van der Waals surface area contributed by atoms with Crippen LogP contribution in [0.3, 0.4) is 0 Å². The normalized spacial score (nSPS) is 35.6. The van der Waals surface area contributed by atoms with Crippen LogP contribution in [0.4, 0.5) is 0 Å². The van der Waals surface area contributed by atoms with E-state index in [1.807, 2.05) is 13.8 Å². The summed E-state index contributed by atoms with van der Waals surface area (Å²) in [5, 5.41) is 0. The number of hydrogen-bond acceptors (Lipinski definition) is 2. The van der Waals surface area contributed by atoms with E-state index in [9.17, 15) is 0 Å². The second-order valence-corrected chi connectivity index (χ2v) is 2.29. The maximum atomic E-state index is 5.03. The topological polar surface area (TPSA) is 21.8 Å². The van der Waals surface area contributed by atoms with E-state index in [4.69, 9.17) is 9.47 Å². The third-order valence-corrected chi connectivity index (χ3v) is 1.14. The van der Waals surface area contributed by atoms with Gasteiger partial charge in [0, 0.05) is 7.11 Å². The Balaban J connectivity index is 2.30. The first-order valence-electron chi connectivity index (χ1n) is 2.37. The van der Waals surface area contributed by atoms with Gasteiger partial charge in [-0.1, -0.05) is 0 Å². The second-order valence-electron chi connectivity index (χ2n) is 2.29. The Morgan fingerprint density at radius 1 is 1.57 bits per heavy atom. The van der Waals surface area contributed by atoms with Crippen molar-refractivity contribution in [3.8, 4) is 0 Å². The van der Waals surface area contributed by atoms with Crippen LogP contribution < -0.4 is 0 Å². The Morgan fingerprint density at radius 3 is 2.00 bits per heavy atom. The van der Waals surface area contributed by atoms with Crippen LogP contribution in [-0.4, -0.2) is 19.0 Å². The molecule has 0 amide bonds. The van der Waals surface area contributed by atoms with Gasteiger partial charge in [-0.05, 0) is 13.8 Å². The van der Waals surface area contributed by atoms with Gasteiger partial charge in [-0.3, -0.25) is 0 Å². The second kappa shape index (κ2) is 1.20. The van der Waals surface area contributed by atoms with E-state index >= 15 is 0 Å². The number of epoxide rings is 1. The lowest BCUT2D eigenvalue weighted by atomic mass is 10.2. The zero-order valence-electron chi connectivity index (χ0n) is 4.89. The van der Waals surface area contributed by atoms with Crippen LogP contribution in [0.5, 0.6) is 0 Å². The van der Waals surface area contributed by atoms with Gasteiger partial charge < -0.3 is 9.47 Å². The largest absolute Gasteiger partial charge is 0.353 e. The van der Waals surface area contributed by atoms with Gasteiger partial charge in [0.05, 0.1) is 0 Å². The smallest absolute Gasteiger partial charge is 0.186 e. The van der Waals surface area contributed by atoms with Gasteiger partial charge in [0.1, 0.15) is 5.60 Å². The Bertz CT molecular complexity index is 78.1. The minimum Gasteiger partial charge on any atom is -0.353 e. The summed E-state index contributed by atoms with van der Waals surface area (Å²) in [7, 11) is 1.65. The fourth-order valence-corrected chi connectivity index (χ4v) is 0.574. The lowest BCUT2D eigenvalue weighted by Gasteiger charge is -1.89. The summed E-state index contributed by atoms with van der Waals surface area (Å²) in [5.41, 5.74) is -0.00521. The molecule has 0 radical (unpaired) electrons. The fraction of sp³-hybridized carbons (Fsp3) is 1.00. The number of rotatable bonds is 1. The molecule has 0 spiro atoms. The van der Waals surface area contributed by atoms with Crippen molar-refractivity contribution < 1.29 is 9.47 Å². The number of methoxy groups -OCH3 is 1. The maximum Gasteiger partial charge on any atom is 0.186 e. The van der Waals surface area contributed by atoms with Crippen LogP contribution in [0.15, 0.2) is 0 Å². The monoisotopic (exact) mass is 102 g/mol. The van der Waals surface area contributed by atoms with Crippen molar-refractivity contribution in [2.24, 2.45) is 0 Å². The summed E-state index contributed by atoms with van der Waals surface area (Å²) in [6.07, 6.45) is 0.0486. The molecule has 0 saturated carbocycles. The quantitative estimate of drug-likeness (QED) is 0.456. The van der Waals surface area contributed by atoms with Crippen LogP contribution in [0.1, 0.15) is 13.8 Å². The molecule has 0 N–H and O–H groups in total. The van der Waals surface area contributed by atoms with Crippen molar-refractivity contribution in [3.63, 3.8) is 0 Å². The first-order chi connectivity index (χ1) is 3.17. The molecule has 2 nitrogen and oxygen atoms in total. The van der Waals surface area contributed by atoms with Gasteiger partial charge in [-0.2, -0.15) is 0 Å². The van der Waals surface area contributed by atoms with E-state index in [1.54, 1.807) is 7.11 Å². The van der Waals surface area contributed by atoms with Crippen molar-refractivity contribution in [2.75, 3.05) is 7.11 Å². The van der Waals surface area contributed by atoms with E-state index in [0.29, 0.717) is 0 Å². The van der Waals surface area contributed by atoms with Gasteiger partial charge in [-0.15, -0.1) is 0 Å². The molecule has 0 aliphatic carbocycles. The van der Waals surface area contributed by atoms with Crippen molar-refractivity contribution in [1.82, 2.24) is 0 Å². The standard InChI is InChI=1S/C5H10O2/c1-5(2)4(6-3)7-5/h4H,1-3H3. The average Bonchev–Trinajstić information content (AvgIpc) is 2.13. The van der Waals surface area contributed by atoms with Crippen molar-refractivity contribution in [3.05, 3.63) is 0 Å². The lowest BCUT2D eigenvalue weighted by Crippen LogP contribution is -2.03. The summed E-state index contributed by atoms with van der Waals surface area (Å²) >= 11 is 0. The summed E-state index contributed by atoms with van der Waals surface area (Å²) < 4.78 is 9.89. The zero-order valence-corrected chi connectivity index (χ0v) is 4.89. The highest BCUT2D eigenvalue weighted by Gasteiger charge is 2.48. The third-order valence-electron chi connectivity index (χ3n) is 1.14. The van der Waals surface area contributed by atoms with Crippen LogP contribution in [0.2, 0.25) is 0 Å². The van der Waals surface area contributed by atoms with Crippen LogP contribution in [0, 0.1) is 0 Å². The van der Waals surface area contributed by atoms with E-state index in [1.165, 1.54) is 0 Å². The molecule has 1 atom stereocenters. The highest BCUT2D eigenvalue weighted by molar-refractivity contribution is 4.87. The average molecular weight is 102 g/mol. The molecule has 1 fully saturated rings. The highest BCUT2D eigenvalue weighted by Crippen LogP contribution is 2.34. The van der Waals surface area contributed by atoms with Gasteiger partial charge in [0.25, 0.3) is 0 Å². The summed E-state index contributed by atoms with van der Waals surface area (Å²) in [4.78, 5) is 0. The molecule has 0 aromatic carbocycles. The molecular formula is C5H10O2. The van der Waals surface area contributed by atoms with Crippen LogP contribution >= 0.6 is 0 Å². The molecule has 7 heavy (non-hydrogen) atoms. The minimum absolute atomic E-state index is 0.00521. The molecule has 1 aliphatic rings. The minimum atomic E-state index is -0.00521. The van der Waals surface area contributed by atoms with Crippen molar-refractivity contribution >= 4 is 0 Å².